The number of morpholine rings is 1. The Morgan fingerprint density at radius 3 is 2.25 bits per heavy atom. The number of nitrogens with one attached hydrogen (secondary N) is 1. The number of nitrogens with zero attached hydrogens (tertiary/aromatic N) is 3. The molecule has 2 saturated heterocycles. The van der Waals surface area contributed by atoms with Gasteiger partial charge in [-0.1, -0.05) is 42.5 Å². The highest BCUT2D eigenvalue weighted by atomic mass is 16.5. The Bertz CT molecular complexity index is 863. The Morgan fingerprint density at radius 1 is 0.875 bits per heavy atom. The number of hydrogen-bond acceptors (Lipinski definition) is 5. The number of ether oxygens (including phenoxy) is 1. The van der Waals surface area contributed by atoms with Crippen LogP contribution in [-0.4, -0.2) is 78.6 Å². The van der Waals surface area contributed by atoms with Gasteiger partial charge in [0.05, 0.1) is 19.8 Å². The molecule has 1 N–H and O–H groups in total. The van der Waals surface area contributed by atoms with Crippen LogP contribution in [0.2, 0.25) is 0 Å². The quantitative estimate of drug-likeness (QED) is 0.723. The summed E-state index contributed by atoms with van der Waals surface area (Å²) in [6.45, 7) is 13.2. The minimum absolute atomic E-state index is 0.0233. The molecule has 2 aromatic rings. The van der Waals surface area contributed by atoms with Crippen LogP contribution < -0.4 is 5.32 Å². The van der Waals surface area contributed by atoms with E-state index in [-0.39, 0.29) is 11.4 Å². The molecule has 2 aliphatic heterocycles. The van der Waals surface area contributed by atoms with E-state index in [0.717, 1.165) is 64.7 Å². The van der Waals surface area contributed by atoms with Gasteiger partial charge in [-0.05, 0) is 37.1 Å². The van der Waals surface area contributed by atoms with E-state index < -0.39 is 0 Å². The van der Waals surface area contributed by atoms with Crippen LogP contribution in [-0.2, 0) is 22.6 Å². The van der Waals surface area contributed by atoms with Crippen molar-refractivity contribution < 1.29 is 9.53 Å². The van der Waals surface area contributed by atoms with Crippen LogP contribution >= 0.6 is 0 Å². The Balaban J connectivity index is 1.24. The summed E-state index contributed by atoms with van der Waals surface area (Å²) >= 11 is 0. The fourth-order valence-electron chi connectivity index (χ4n) is 4.64. The first-order valence-electron chi connectivity index (χ1n) is 11.7. The van der Waals surface area contributed by atoms with E-state index in [2.05, 4.69) is 76.3 Å². The average Bonchev–Trinajstić information content (AvgIpc) is 2.78. The predicted molar refractivity (Wildman–Crippen MR) is 129 cm³/mol. The lowest BCUT2D eigenvalue weighted by atomic mass is 9.97. The molecule has 6 nitrogen and oxygen atoms in total. The van der Waals surface area contributed by atoms with Gasteiger partial charge in [0.1, 0.15) is 0 Å². The highest BCUT2D eigenvalue weighted by Gasteiger charge is 2.34. The summed E-state index contributed by atoms with van der Waals surface area (Å²) in [5.41, 5.74) is 3.49. The number of hydrogen-bond donors (Lipinski definition) is 1. The molecule has 172 valence electrons. The minimum Gasteiger partial charge on any atom is -0.379 e. The molecule has 0 atom stereocenters. The molecule has 0 saturated carbocycles. The highest BCUT2D eigenvalue weighted by molar-refractivity contribution is 5.92. The fraction of sp³-hybridized carbons (Fsp3) is 0.500. The van der Waals surface area contributed by atoms with Gasteiger partial charge in [-0.2, -0.15) is 0 Å². The number of piperazine rings is 1. The van der Waals surface area contributed by atoms with Crippen LogP contribution in [0.25, 0.3) is 0 Å². The number of carbonyl (C=O) groups excluding carboxylic acids is 1. The zero-order valence-corrected chi connectivity index (χ0v) is 19.4. The molecule has 32 heavy (non-hydrogen) atoms. The highest BCUT2D eigenvalue weighted by Crippen LogP contribution is 2.23. The van der Waals surface area contributed by atoms with E-state index >= 15 is 0 Å². The standard InChI is InChI=1S/C26H36N4O2/c1-26(2)21-29(12-13-30(26)19-22-6-4-3-5-7-22)20-25(31)27-24-10-8-23(9-11-24)18-28-14-16-32-17-15-28/h3-11H,12-21H2,1-2H3,(H,27,31). The van der Waals surface area contributed by atoms with E-state index in [9.17, 15) is 4.79 Å². The summed E-state index contributed by atoms with van der Waals surface area (Å²) < 4.78 is 5.41. The molecule has 2 fully saturated rings. The van der Waals surface area contributed by atoms with E-state index in [1.54, 1.807) is 0 Å². The van der Waals surface area contributed by atoms with Crippen LogP contribution in [0.1, 0.15) is 25.0 Å². The third-order valence-electron chi connectivity index (χ3n) is 6.48. The number of benzene rings is 2. The SMILES string of the molecule is CC1(C)CN(CC(=O)Nc2ccc(CN3CCOCC3)cc2)CCN1Cc1ccccc1. The molecular weight excluding hydrogens is 400 g/mol. The van der Waals surface area contributed by atoms with Crippen LogP contribution in [0.5, 0.6) is 0 Å². The molecule has 0 bridgehead atoms. The van der Waals surface area contributed by atoms with Crippen molar-refractivity contribution in [2.75, 3.05) is 57.8 Å². The zero-order chi connectivity index (χ0) is 22.4. The summed E-state index contributed by atoms with van der Waals surface area (Å²) in [6, 6.07) is 18.8. The molecule has 0 unspecified atom stereocenters. The number of rotatable bonds is 7. The van der Waals surface area contributed by atoms with E-state index in [1.807, 2.05) is 12.1 Å². The zero-order valence-electron chi connectivity index (χ0n) is 19.4. The number of anilines is 1. The fourth-order valence-corrected chi connectivity index (χ4v) is 4.64. The van der Waals surface area contributed by atoms with E-state index in [0.29, 0.717) is 6.54 Å². The molecule has 0 spiro atoms. The molecule has 2 aromatic carbocycles. The third kappa shape index (κ3) is 6.39. The van der Waals surface area contributed by atoms with Gasteiger partial charge >= 0.3 is 0 Å². The van der Waals surface area contributed by atoms with Gasteiger partial charge in [-0.25, -0.2) is 0 Å². The van der Waals surface area contributed by atoms with Gasteiger partial charge in [0.15, 0.2) is 0 Å². The maximum Gasteiger partial charge on any atom is 0.238 e. The van der Waals surface area contributed by atoms with Crippen molar-refractivity contribution in [2.45, 2.75) is 32.5 Å². The molecule has 0 aliphatic carbocycles. The van der Waals surface area contributed by atoms with Crippen molar-refractivity contribution in [3.05, 3.63) is 65.7 Å². The van der Waals surface area contributed by atoms with Gasteiger partial charge in [-0.3, -0.25) is 19.5 Å². The third-order valence-corrected chi connectivity index (χ3v) is 6.48. The summed E-state index contributed by atoms with van der Waals surface area (Å²) in [6.07, 6.45) is 0. The van der Waals surface area contributed by atoms with Gasteiger partial charge in [0.2, 0.25) is 5.91 Å². The Hall–Kier alpha value is -2.25. The second-order valence-corrected chi connectivity index (χ2v) is 9.56. The van der Waals surface area contributed by atoms with E-state index in [1.165, 1.54) is 11.1 Å². The van der Waals surface area contributed by atoms with Crippen LogP contribution in [0.3, 0.4) is 0 Å². The molecule has 6 heteroatoms. The second-order valence-electron chi connectivity index (χ2n) is 9.56. The minimum atomic E-state index is 0.0233. The summed E-state index contributed by atoms with van der Waals surface area (Å²) in [7, 11) is 0. The summed E-state index contributed by atoms with van der Waals surface area (Å²) in [4.78, 5) is 19.9. The van der Waals surface area contributed by atoms with Crippen molar-refractivity contribution >= 4 is 11.6 Å². The Labute approximate surface area is 192 Å². The monoisotopic (exact) mass is 436 g/mol. The van der Waals surface area contributed by atoms with Gasteiger partial charge < -0.3 is 10.1 Å². The Morgan fingerprint density at radius 2 is 1.56 bits per heavy atom. The lowest BCUT2D eigenvalue weighted by Gasteiger charge is -2.47. The van der Waals surface area contributed by atoms with Crippen molar-refractivity contribution in [3.8, 4) is 0 Å². The van der Waals surface area contributed by atoms with Gasteiger partial charge in [0, 0.05) is 57.0 Å². The first-order chi connectivity index (χ1) is 15.5. The number of amides is 1. The first-order valence-corrected chi connectivity index (χ1v) is 11.7. The van der Waals surface area contributed by atoms with Crippen LogP contribution in [0, 0.1) is 0 Å². The van der Waals surface area contributed by atoms with Crippen LogP contribution in [0.15, 0.2) is 54.6 Å². The summed E-state index contributed by atoms with van der Waals surface area (Å²) in [5, 5.41) is 3.07. The van der Waals surface area contributed by atoms with Gasteiger partial charge in [-0.15, -0.1) is 0 Å². The van der Waals surface area contributed by atoms with Crippen molar-refractivity contribution in [1.29, 1.82) is 0 Å². The first kappa shape index (κ1) is 22.9. The van der Waals surface area contributed by atoms with Gasteiger partial charge in [0.25, 0.3) is 0 Å². The van der Waals surface area contributed by atoms with Crippen molar-refractivity contribution in [1.82, 2.24) is 14.7 Å². The topological polar surface area (TPSA) is 48.1 Å². The van der Waals surface area contributed by atoms with E-state index in [4.69, 9.17) is 4.74 Å². The molecule has 0 aromatic heterocycles. The van der Waals surface area contributed by atoms with Crippen LogP contribution in [0.4, 0.5) is 5.69 Å². The largest absolute Gasteiger partial charge is 0.379 e. The second kappa shape index (κ2) is 10.6. The molecular formula is C26H36N4O2. The van der Waals surface area contributed by atoms with Crippen molar-refractivity contribution in [3.63, 3.8) is 0 Å². The molecule has 4 rings (SSSR count). The smallest absolute Gasteiger partial charge is 0.238 e. The lowest BCUT2D eigenvalue weighted by molar-refractivity contribution is -0.118. The Kier molecular flexibility index (Phi) is 7.58. The molecule has 2 heterocycles. The maximum atomic E-state index is 12.7. The molecule has 0 radical (unpaired) electrons. The molecule has 2 aliphatic rings. The summed E-state index contributed by atoms with van der Waals surface area (Å²) in [5.74, 6) is 0.0539. The maximum absolute atomic E-state index is 12.7. The number of carbonyl (C=O) groups is 1. The normalized spacial score (nSPS) is 20.2. The predicted octanol–water partition coefficient (Wildman–Crippen LogP) is 3.05. The van der Waals surface area contributed by atoms with Crippen molar-refractivity contribution in [2.24, 2.45) is 0 Å². The lowest BCUT2D eigenvalue weighted by Crippen LogP contribution is -2.59. The molecule has 1 amide bonds. The average molecular weight is 437 g/mol.